The van der Waals surface area contributed by atoms with Gasteiger partial charge in [-0.1, -0.05) is 13.8 Å². The van der Waals surface area contributed by atoms with Gasteiger partial charge < -0.3 is 10.3 Å². The van der Waals surface area contributed by atoms with Gasteiger partial charge in [-0.3, -0.25) is 4.31 Å². The predicted molar refractivity (Wildman–Crippen MR) is 105 cm³/mol. The second kappa shape index (κ2) is 6.12. The van der Waals surface area contributed by atoms with Crippen molar-refractivity contribution in [1.82, 2.24) is 14.5 Å². The fourth-order valence-electron chi connectivity index (χ4n) is 3.77. The van der Waals surface area contributed by atoms with Crippen LogP contribution in [0.5, 0.6) is 0 Å². The number of sulfonamides is 1. The molecule has 0 radical (unpaired) electrons. The highest BCUT2D eigenvalue weighted by Gasteiger charge is 2.29. The first-order valence-electron chi connectivity index (χ1n) is 9.05. The number of nitrogens with zero attached hydrogens (tertiary/aromatic N) is 4. The van der Waals surface area contributed by atoms with E-state index in [1.165, 1.54) is 4.31 Å². The van der Waals surface area contributed by atoms with Gasteiger partial charge in [0.25, 0.3) is 0 Å². The summed E-state index contributed by atoms with van der Waals surface area (Å²) >= 11 is 0. The van der Waals surface area contributed by atoms with E-state index in [9.17, 15) is 8.42 Å². The first-order chi connectivity index (χ1) is 12.5. The highest BCUT2D eigenvalue weighted by Crippen LogP contribution is 2.33. The van der Waals surface area contributed by atoms with E-state index in [1.807, 2.05) is 18.2 Å². The molecule has 2 aromatic heterocycles. The number of imidazole rings is 1. The number of aromatic nitrogens is 3. The summed E-state index contributed by atoms with van der Waals surface area (Å²) in [6.07, 6.45) is 2.46. The molecule has 138 valence electrons. The molecule has 0 amide bonds. The van der Waals surface area contributed by atoms with Crippen LogP contribution in [0.3, 0.4) is 0 Å². The van der Waals surface area contributed by atoms with Crippen molar-refractivity contribution in [2.45, 2.75) is 39.7 Å². The number of anilines is 2. The summed E-state index contributed by atoms with van der Waals surface area (Å²) in [5.41, 5.74) is 9.26. The van der Waals surface area contributed by atoms with Gasteiger partial charge >= 0.3 is 0 Å². The highest BCUT2D eigenvalue weighted by molar-refractivity contribution is 7.93. The van der Waals surface area contributed by atoms with Gasteiger partial charge in [0.15, 0.2) is 5.82 Å². The molecular weight excluding hydrogens is 350 g/mol. The standard InChI is InChI=1S/C18H23N5O2S/c1-3-8-22-15(4-2)21-16-17(22)13-7-6-12(11-14(13)20-18(16)19)23-9-5-10-26(23,24)25/h6-7,11H,3-5,8-10H2,1-2H3,(H2,19,20). The van der Waals surface area contributed by atoms with Crippen molar-refractivity contribution in [3.63, 3.8) is 0 Å². The van der Waals surface area contributed by atoms with E-state index in [0.29, 0.717) is 30.0 Å². The minimum absolute atomic E-state index is 0.197. The van der Waals surface area contributed by atoms with Gasteiger partial charge in [-0.25, -0.2) is 18.4 Å². The van der Waals surface area contributed by atoms with Crippen molar-refractivity contribution < 1.29 is 8.42 Å². The predicted octanol–water partition coefficient (Wildman–Crippen LogP) is 2.68. The normalized spacial score (nSPS) is 16.8. The molecule has 0 aliphatic carbocycles. The molecule has 0 spiro atoms. The van der Waals surface area contributed by atoms with Crippen LogP contribution >= 0.6 is 0 Å². The summed E-state index contributed by atoms with van der Waals surface area (Å²) in [6, 6.07) is 5.63. The quantitative estimate of drug-likeness (QED) is 0.759. The van der Waals surface area contributed by atoms with E-state index in [4.69, 9.17) is 10.7 Å². The van der Waals surface area contributed by atoms with Crippen molar-refractivity contribution in [3.05, 3.63) is 24.0 Å². The number of aryl methyl sites for hydroxylation is 2. The van der Waals surface area contributed by atoms with Gasteiger partial charge in [0, 0.05) is 24.9 Å². The molecule has 2 N–H and O–H groups in total. The lowest BCUT2D eigenvalue weighted by molar-refractivity contribution is 0.599. The molecule has 1 aliphatic heterocycles. The van der Waals surface area contributed by atoms with E-state index >= 15 is 0 Å². The summed E-state index contributed by atoms with van der Waals surface area (Å²) in [6.45, 7) is 5.59. The van der Waals surface area contributed by atoms with Crippen molar-refractivity contribution >= 4 is 43.5 Å². The van der Waals surface area contributed by atoms with Gasteiger partial charge in [-0.05, 0) is 31.0 Å². The average molecular weight is 373 g/mol. The van der Waals surface area contributed by atoms with Gasteiger partial charge in [-0.15, -0.1) is 0 Å². The zero-order chi connectivity index (χ0) is 18.5. The van der Waals surface area contributed by atoms with Crippen molar-refractivity contribution in [2.24, 2.45) is 0 Å². The number of rotatable bonds is 4. The Bertz CT molecular complexity index is 1100. The van der Waals surface area contributed by atoms with Crippen LogP contribution < -0.4 is 10.0 Å². The van der Waals surface area contributed by atoms with E-state index < -0.39 is 10.0 Å². The van der Waals surface area contributed by atoms with Crippen LogP contribution in [0.1, 0.15) is 32.5 Å². The molecule has 1 aliphatic rings. The van der Waals surface area contributed by atoms with Crippen LogP contribution in [-0.2, 0) is 23.0 Å². The van der Waals surface area contributed by atoms with Gasteiger partial charge in [0.1, 0.15) is 11.3 Å². The number of benzene rings is 1. The van der Waals surface area contributed by atoms with E-state index in [2.05, 4.69) is 23.4 Å². The molecule has 7 nitrogen and oxygen atoms in total. The number of hydrogen-bond donors (Lipinski definition) is 1. The molecule has 1 fully saturated rings. The molecule has 0 bridgehead atoms. The van der Waals surface area contributed by atoms with Crippen LogP contribution in [0.4, 0.5) is 11.5 Å². The molecule has 0 saturated carbocycles. The number of nitrogens with two attached hydrogens (primary N) is 1. The fourth-order valence-corrected chi connectivity index (χ4v) is 5.32. The molecule has 8 heteroatoms. The number of nitrogen functional groups attached to an aromatic ring is 1. The smallest absolute Gasteiger partial charge is 0.235 e. The average Bonchev–Trinajstić information content (AvgIpc) is 3.15. The Hall–Kier alpha value is -2.35. The van der Waals surface area contributed by atoms with Crippen LogP contribution in [0.2, 0.25) is 0 Å². The molecule has 4 rings (SSSR count). The molecule has 3 heterocycles. The minimum Gasteiger partial charge on any atom is -0.382 e. The van der Waals surface area contributed by atoms with E-state index in [0.717, 1.165) is 41.6 Å². The third-order valence-corrected chi connectivity index (χ3v) is 6.79. The summed E-state index contributed by atoms with van der Waals surface area (Å²) in [5.74, 6) is 1.58. The van der Waals surface area contributed by atoms with Crippen LogP contribution in [0.25, 0.3) is 21.9 Å². The lowest BCUT2D eigenvalue weighted by atomic mass is 10.1. The topological polar surface area (TPSA) is 94.1 Å². The summed E-state index contributed by atoms with van der Waals surface area (Å²) in [4.78, 5) is 9.20. The van der Waals surface area contributed by atoms with Crippen LogP contribution in [0.15, 0.2) is 18.2 Å². The molecular formula is C18H23N5O2S. The van der Waals surface area contributed by atoms with Crippen molar-refractivity contribution in [2.75, 3.05) is 22.3 Å². The minimum atomic E-state index is -3.22. The second-order valence-electron chi connectivity index (χ2n) is 6.67. The molecule has 0 atom stereocenters. The van der Waals surface area contributed by atoms with Crippen molar-refractivity contribution in [3.8, 4) is 0 Å². The summed E-state index contributed by atoms with van der Waals surface area (Å²) in [7, 11) is -3.22. The molecule has 1 saturated heterocycles. The Kier molecular flexibility index (Phi) is 4.02. The molecule has 3 aromatic rings. The Balaban J connectivity index is 1.98. The first kappa shape index (κ1) is 17.1. The highest BCUT2D eigenvalue weighted by atomic mass is 32.2. The maximum absolute atomic E-state index is 12.2. The zero-order valence-electron chi connectivity index (χ0n) is 15.1. The lowest BCUT2D eigenvalue weighted by Crippen LogP contribution is -2.24. The van der Waals surface area contributed by atoms with Gasteiger partial charge in [0.05, 0.1) is 22.5 Å². The van der Waals surface area contributed by atoms with Crippen molar-refractivity contribution in [1.29, 1.82) is 0 Å². The number of pyridine rings is 1. The fraction of sp³-hybridized carbons (Fsp3) is 0.444. The van der Waals surface area contributed by atoms with Crippen LogP contribution in [0, 0.1) is 0 Å². The first-order valence-corrected chi connectivity index (χ1v) is 10.7. The van der Waals surface area contributed by atoms with E-state index in [-0.39, 0.29) is 5.75 Å². The van der Waals surface area contributed by atoms with Gasteiger partial charge in [-0.2, -0.15) is 0 Å². The largest absolute Gasteiger partial charge is 0.382 e. The molecule has 0 unspecified atom stereocenters. The molecule has 1 aromatic carbocycles. The SMILES string of the molecule is CCCn1c(CC)nc2c(N)nc3cc(N4CCCS4(=O)=O)ccc3c21. The summed E-state index contributed by atoms with van der Waals surface area (Å²) < 4.78 is 28.1. The number of hydrogen-bond acceptors (Lipinski definition) is 5. The van der Waals surface area contributed by atoms with Crippen LogP contribution in [-0.4, -0.2) is 35.3 Å². The lowest BCUT2D eigenvalue weighted by Gasteiger charge is -2.17. The second-order valence-corrected chi connectivity index (χ2v) is 8.68. The maximum Gasteiger partial charge on any atom is 0.235 e. The zero-order valence-corrected chi connectivity index (χ0v) is 15.9. The monoisotopic (exact) mass is 373 g/mol. The Morgan fingerprint density at radius 3 is 2.69 bits per heavy atom. The third kappa shape index (κ3) is 2.51. The maximum atomic E-state index is 12.2. The number of fused-ring (bicyclic) bond motifs is 3. The van der Waals surface area contributed by atoms with Gasteiger partial charge in [0.2, 0.25) is 10.0 Å². The third-order valence-electron chi connectivity index (χ3n) is 4.92. The Morgan fingerprint density at radius 1 is 1.23 bits per heavy atom. The van der Waals surface area contributed by atoms with E-state index in [1.54, 1.807) is 0 Å². The Labute approximate surface area is 152 Å². The summed E-state index contributed by atoms with van der Waals surface area (Å²) in [5, 5.41) is 0.954. The Morgan fingerprint density at radius 2 is 2.04 bits per heavy atom. The molecule has 26 heavy (non-hydrogen) atoms.